The minimum absolute atomic E-state index is 0.0265. The third-order valence-electron chi connectivity index (χ3n) is 9.07. The van der Waals surface area contributed by atoms with Crippen LogP contribution in [0.3, 0.4) is 0 Å². The predicted molar refractivity (Wildman–Crippen MR) is 157 cm³/mol. The summed E-state index contributed by atoms with van der Waals surface area (Å²) in [4.78, 5) is 24.1. The number of methoxy groups -OCH3 is 2. The summed E-state index contributed by atoms with van der Waals surface area (Å²) in [5.74, 6) is 0.652. The summed E-state index contributed by atoms with van der Waals surface area (Å²) < 4.78 is 53.3. The average Bonchev–Trinajstić information content (AvgIpc) is 3.33. The Hall–Kier alpha value is -4.60. The van der Waals surface area contributed by atoms with Crippen molar-refractivity contribution >= 4 is 17.0 Å². The number of fused-ring (bicyclic) bond motifs is 2. The van der Waals surface area contributed by atoms with E-state index in [0.717, 1.165) is 43.5 Å². The molecule has 4 atom stereocenters. The van der Waals surface area contributed by atoms with Crippen molar-refractivity contribution in [3.8, 4) is 17.7 Å². The Balaban J connectivity index is 1.06. The monoisotopic (exact) mass is 615 g/mol. The zero-order chi connectivity index (χ0) is 31.2. The van der Waals surface area contributed by atoms with Crippen LogP contribution in [0.1, 0.15) is 45.3 Å². The maximum Gasteiger partial charge on any atom is 0.338 e. The molecule has 1 saturated carbocycles. The lowest BCUT2D eigenvalue weighted by molar-refractivity contribution is -0.0591. The summed E-state index contributed by atoms with van der Waals surface area (Å²) in [5.41, 5.74) is 2.73. The Morgan fingerprint density at radius 3 is 2.56 bits per heavy atom. The van der Waals surface area contributed by atoms with Gasteiger partial charge in [-0.05, 0) is 48.6 Å². The average molecular weight is 616 g/mol. The second kappa shape index (κ2) is 11.7. The molecule has 0 amide bonds. The van der Waals surface area contributed by atoms with Crippen LogP contribution in [0.4, 0.5) is 8.78 Å². The first-order valence-corrected chi connectivity index (χ1v) is 14.8. The Morgan fingerprint density at radius 2 is 1.89 bits per heavy atom. The smallest absolute Gasteiger partial charge is 0.338 e. The zero-order valence-corrected chi connectivity index (χ0v) is 24.8. The van der Waals surface area contributed by atoms with Gasteiger partial charge in [0.05, 0.1) is 61.8 Å². The van der Waals surface area contributed by atoms with Crippen LogP contribution < -0.4 is 9.47 Å². The lowest BCUT2D eigenvalue weighted by Crippen LogP contribution is -2.33. The van der Waals surface area contributed by atoms with Gasteiger partial charge < -0.3 is 23.5 Å². The predicted octanol–water partition coefficient (Wildman–Crippen LogP) is 4.59. The van der Waals surface area contributed by atoms with E-state index in [0.29, 0.717) is 35.6 Å². The van der Waals surface area contributed by atoms with Crippen molar-refractivity contribution in [3.05, 3.63) is 82.3 Å². The molecule has 3 aliphatic rings. The third-order valence-corrected chi connectivity index (χ3v) is 9.07. The largest absolute Gasteiger partial charge is 0.494 e. The highest BCUT2D eigenvalue weighted by atomic mass is 19.1. The zero-order valence-electron chi connectivity index (χ0n) is 24.8. The van der Waals surface area contributed by atoms with E-state index in [9.17, 15) is 13.6 Å². The molecule has 7 rings (SSSR count). The molecule has 12 heteroatoms. The molecule has 232 valence electrons. The third kappa shape index (κ3) is 5.47. The number of benzene rings is 2. The van der Waals surface area contributed by atoms with Crippen molar-refractivity contribution in [2.75, 3.05) is 33.9 Å². The number of hydrogen-bond acceptors (Lipinski definition) is 9. The molecule has 2 aromatic carbocycles. The fourth-order valence-corrected chi connectivity index (χ4v) is 6.57. The topological polar surface area (TPSA) is 112 Å². The Morgan fingerprint density at radius 1 is 1.09 bits per heavy atom. The fourth-order valence-electron chi connectivity index (χ4n) is 6.57. The van der Waals surface area contributed by atoms with Crippen LogP contribution in [-0.2, 0) is 29.2 Å². The number of ether oxygens (including phenoxy) is 4. The number of imidazole rings is 1. The van der Waals surface area contributed by atoms with Gasteiger partial charge in [0.1, 0.15) is 35.3 Å². The second-order valence-electron chi connectivity index (χ2n) is 11.7. The lowest BCUT2D eigenvalue weighted by atomic mass is 10.1. The first-order valence-electron chi connectivity index (χ1n) is 14.8. The van der Waals surface area contributed by atoms with Crippen molar-refractivity contribution in [2.24, 2.45) is 11.8 Å². The van der Waals surface area contributed by atoms with E-state index in [4.69, 9.17) is 29.2 Å². The molecule has 0 N–H and O–H groups in total. The molecular formula is C33H31F2N5O5. The van der Waals surface area contributed by atoms with Gasteiger partial charge in [-0.2, -0.15) is 5.26 Å². The van der Waals surface area contributed by atoms with Crippen LogP contribution in [0, 0.1) is 34.8 Å². The van der Waals surface area contributed by atoms with Gasteiger partial charge in [-0.25, -0.2) is 23.5 Å². The van der Waals surface area contributed by atoms with E-state index < -0.39 is 11.8 Å². The molecule has 45 heavy (non-hydrogen) atoms. The van der Waals surface area contributed by atoms with E-state index >= 15 is 0 Å². The van der Waals surface area contributed by atoms with Crippen LogP contribution in [-0.4, -0.2) is 65.4 Å². The molecule has 2 saturated heterocycles. The van der Waals surface area contributed by atoms with Gasteiger partial charge in [0.15, 0.2) is 0 Å². The Bertz CT molecular complexity index is 1820. The molecule has 4 aromatic rings. The summed E-state index contributed by atoms with van der Waals surface area (Å²) in [5, 5.41) is 8.95. The number of nitrogens with zero attached hydrogens (tertiary/aromatic N) is 5. The number of likely N-dealkylation sites (tertiary alicyclic amines) is 1. The van der Waals surface area contributed by atoms with Crippen molar-refractivity contribution in [1.29, 1.82) is 5.26 Å². The van der Waals surface area contributed by atoms with Crippen LogP contribution in [0.25, 0.3) is 11.0 Å². The van der Waals surface area contributed by atoms with Crippen molar-refractivity contribution in [2.45, 2.75) is 38.1 Å². The number of aromatic nitrogens is 3. The van der Waals surface area contributed by atoms with E-state index in [-0.39, 0.29) is 53.3 Å². The second-order valence-corrected chi connectivity index (χ2v) is 11.7. The van der Waals surface area contributed by atoms with Crippen LogP contribution in [0.2, 0.25) is 0 Å². The van der Waals surface area contributed by atoms with Crippen molar-refractivity contribution in [1.82, 2.24) is 19.4 Å². The van der Waals surface area contributed by atoms with Crippen LogP contribution in [0.15, 0.2) is 42.5 Å². The Labute approximate surface area is 258 Å². The number of halogens is 2. The van der Waals surface area contributed by atoms with Crippen LogP contribution >= 0.6 is 0 Å². The Kier molecular flexibility index (Phi) is 7.59. The fraction of sp³-hybridized carbons (Fsp3) is 0.394. The van der Waals surface area contributed by atoms with Crippen LogP contribution in [0.5, 0.6) is 11.6 Å². The number of carbonyl (C=O) groups is 1. The molecular weight excluding hydrogens is 584 g/mol. The SMILES string of the molecule is COC(=O)c1cc(OC)c2nc(CN3C[C@@H]4[C@H](C3)[C@H]4c3nc(OCc4ccc(C#N)cc4F)ccc3F)n(C[C@@H]3CCO3)c2c1. The molecule has 0 unspecified atom stereocenters. The summed E-state index contributed by atoms with van der Waals surface area (Å²) >= 11 is 0. The molecule has 0 spiro atoms. The van der Waals surface area contributed by atoms with E-state index in [1.165, 1.54) is 31.4 Å². The number of rotatable bonds is 10. The molecule has 0 bridgehead atoms. The lowest BCUT2D eigenvalue weighted by Gasteiger charge is -2.28. The van der Waals surface area contributed by atoms with Crippen molar-refractivity contribution < 1.29 is 32.5 Å². The van der Waals surface area contributed by atoms with E-state index in [2.05, 4.69) is 14.5 Å². The summed E-state index contributed by atoms with van der Waals surface area (Å²) in [6, 6.07) is 12.3. The van der Waals surface area contributed by atoms with Gasteiger partial charge in [0.2, 0.25) is 5.88 Å². The van der Waals surface area contributed by atoms with E-state index in [1.54, 1.807) is 19.2 Å². The molecule has 1 aliphatic carbocycles. The van der Waals surface area contributed by atoms with Gasteiger partial charge in [-0.1, -0.05) is 6.07 Å². The number of carbonyl (C=O) groups excluding carboxylic acids is 1. The number of hydrogen-bond donors (Lipinski definition) is 0. The molecule has 10 nitrogen and oxygen atoms in total. The number of nitriles is 1. The highest BCUT2D eigenvalue weighted by Gasteiger charge is 2.58. The number of piperidine rings is 1. The standard InChI is InChI=1S/C33H31F2N5O5/c1-42-27-11-20(33(41)43-2)10-26-32(27)37-28(40(26)13-21-7-8-44-21)16-39-14-22-23(15-39)30(22)31-24(34)5-6-29(38-31)45-17-19-4-3-18(12-36)9-25(19)35/h3-6,9-11,21-23,30H,7-8,13-17H2,1-2H3/t21-,22-,23+,30+/m0/s1. The molecule has 0 radical (unpaired) electrons. The minimum Gasteiger partial charge on any atom is -0.494 e. The summed E-state index contributed by atoms with van der Waals surface area (Å²) in [6.45, 7) is 3.34. The highest BCUT2D eigenvalue weighted by Crippen LogP contribution is 2.58. The normalized spacial score (nSPS) is 22.0. The van der Waals surface area contributed by atoms with Gasteiger partial charge in [-0.3, -0.25) is 4.90 Å². The molecule has 3 fully saturated rings. The summed E-state index contributed by atoms with van der Waals surface area (Å²) in [6.07, 6.45) is 1.02. The molecule has 2 aromatic heterocycles. The van der Waals surface area contributed by atoms with Gasteiger partial charge >= 0.3 is 5.97 Å². The molecule has 4 heterocycles. The highest BCUT2D eigenvalue weighted by molar-refractivity contribution is 5.96. The maximum absolute atomic E-state index is 14.9. The molecule has 2 aliphatic heterocycles. The number of pyridine rings is 1. The van der Waals surface area contributed by atoms with Gasteiger partial charge in [-0.15, -0.1) is 0 Å². The summed E-state index contributed by atoms with van der Waals surface area (Å²) in [7, 11) is 2.90. The number of esters is 1. The first-order chi connectivity index (χ1) is 21.9. The quantitative estimate of drug-likeness (QED) is 0.237. The van der Waals surface area contributed by atoms with E-state index in [1.807, 2.05) is 6.07 Å². The minimum atomic E-state index is -0.538. The van der Waals surface area contributed by atoms with Gasteiger partial charge in [0, 0.05) is 37.2 Å². The van der Waals surface area contributed by atoms with Gasteiger partial charge in [0.25, 0.3) is 0 Å². The first kappa shape index (κ1) is 29.1. The maximum atomic E-state index is 14.9. The van der Waals surface area contributed by atoms with Crippen molar-refractivity contribution in [3.63, 3.8) is 0 Å².